The third kappa shape index (κ3) is 4.49. The number of hydrogen-bond acceptors (Lipinski definition) is 5. The SMILES string of the molecule is CCOc1ccc(C(=O)Nc2cccc(Cn3ccnc3)c2)cc1[N+](=O)[O-]. The monoisotopic (exact) mass is 366 g/mol. The largest absolute Gasteiger partial charge is 0.487 e. The van der Waals surface area contributed by atoms with E-state index < -0.39 is 10.8 Å². The number of ether oxygens (including phenoxy) is 1. The Morgan fingerprint density at radius 1 is 1.30 bits per heavy atom. The van der Waals surface area contributed by atoms with Gasteiger partial charge in [-0.15, -0.1) is 0 Å². The highest BCUT2D eigenvalue weighted by Crippen LogP contribution is 2.28. The van der Waals surface area contributed by atoms with Crippen molar-refractivity contribution in [3.8, 4) is 5.75 Å². The van der Waals surface area contributed by atoms with E-state index >= 15 is 0 Å². The van der Waals surface area contributed by atoms with Gasteiger partial charge in [-0.1, -0.05) is 12.1 Å². The normalized spacial score (nSPS) is 10.4. The van der Waals surface area contributed by atoms with Gasteiger partial charge in [0.05, 0.1) is 17.9 Å². The van der Waals surface area contributed by atoms with Gasteiger partial charge in [-0.2, -0.15) is 0 Å². The molecule has 1 amide bonds. The second-order valence-electron chi connectivity index (χ2n) is 5.76. The minimum atomic E-state index is -0.562. The van der Waals surface area contributed by atoms with Gasteiger partial charge in [-0.3, -0.25) is 14.9 Å². The first kappa shape index (κ1) is 18.1. The molecule has 0 radical (unpaired) electrons. The van der Waals surface area contributed by atoms with E-state index in [1.807, 2.05) is 29.0 Å². The fourth-order valence-corrected chi connectivity index (χ4v) is 2.62. The minimum Gasteiger partial charge on any atom is -0.487 e. The Morgan fingerprint density at radius 3 is 2.85 bits per heavy atom. The number of rotatable bonds is 7. The number of aromatic nitrogens is 2. The van der Waals surface area contributed by atoms with Crippen molar-refractivity contribution in [1.29, 1.82) is 0 Å². The van der Waals surface area contributed by atoms with Crippen LogP contribution in [-0.2, 0) is 6.54 Å². The molecule has 1 heterocycles. The van der Waals surface area contributed by atoms with Gasteiger partial charge in [-0.25, -0.2) is 4.98 Å². The van der Waals surface area contributed by atoms with Gasteiger partial charge in [0.1, 0.15) is 0 Å². The lowest BCUT2D eigenvalue weighted by Gasteiger charge is -2.09. The molecule has 3 aromatic rings. The minimum absolute atomic E-state index is 0.140. The molecule has 8 heteroatoms. The molecule has 0 saturated heterocycles. The van der Waals surface area contributed by atoms with E-state index in [1.54, 1.807) is 25.5 Å². The van der Waals surface area contributed by atoms with Crippen molar-refractivity contribution in [3.05, 3.63) is 82.4 Å². The zero-order valence-corrected chi connectivity index (χ0v) is 14.7. The summed E-state index contributed by atoms with van der Waals surface area (Å²) < 4.78 is 7.15. The molecule has 0 aliphatic rings. The van der Waals surface area contributed by atoms with Gasteiger partial charge in [0.15, 0.2) is 5.75 Å². The van der Waals surface area contributed by atoms with Crippen LogP contribution in [0.2, 0.25) is 0 Å². The standard InChI is InChI=1S/C19H18N4O4/c1-2-27-18-7-6-15(11-17(18)23(25)26)19(24)21-16-5-3-4-14(10-16)12-22-9-8-20-13-22/h3-11,13H,2,12H2,1H3,(H,21,24). The zero-order valence-electron chi connectivity index (χ0n) is 14.7. The lowest BCUT2D eigenvalue weighted by atomic mass is 10.1. The zero-order chi connectivity index (χ0) is 19.2. The van der Waals surface area contributed by atoms with E-state index in [2.05, 4.69) is 10.3 Å². The highest BCUT2D eigenvalue weighted by Gasteiger charge is 2.18. The number of nitrogens with one attached hydrogen (secondary N) is 1. The summed E-state index contributed by atoms with van der Waals surface area (Å²) in [5.41, 5.74) is 1.54. The molecule has 0 aliphatic heterocycles. The Bertz CT molecular complexity index is 954. The van der Waals surface area contributed by atoms with Gasteiger partial charge in [-0.05, 0) is 36.8 Å². The highest BCUT2D eigenvalue weighted by molar-refractivity contribution is 6.04. The van der Waals surface area contributed by atoms with Crippen molar-refractivity contribution in [3.63, 3.8) is 0 Å². The van der Waals surface area contributed by atoms with Crippen LogP contribution < -0.4 is 10.1 Å². The fraction of sp³-hybridized carbons (Fsp3) is 0.158. The summed E-state index contributed by atoms with van der Waals surface area (Å²) in [5, 5.41) is 14.0. The summed E-state index contributed by atoms with van der Waals surface area (Å²) in [5.74, 6) is -0.290. The Balaban J connectivity index is 1.77. The number of anilines is 1. The Labute approximate surface area is 155 Å². The second kappa shape index (κ2) is 8.13. The molecule has 27 heavy (non-hydrogen) atoms. The van der Waals surface area contributed by atoms with Crippen molar-refractivity contribution in [2.24, 2.45) is 0 Å². The van der Waals surface area contributed by atoms with E-state index in [0.29, 0.717) is 18.8 Å². The summed E-state index contributed by atoms with van der Waals surface area (Å²) in [6.07, 6.45) is 5.26. The Hall–Kier alpha value is -3.68. The molecule has 0 bridgehead atoms. The maximum atomic E-state index is 12.5. The van der Waals surface area contributed by atoms with Crippen LogP contribution in [0.1, 0.15) is 22.8 Å². The quantitative estimate of drug-likeness (QED) is 0.510. The maximum absolute atomic E-state index is 12.5. The number of carbonyl (C=O) groups excluding carboxylic acids is 1. The molecular formula is C19H18N4O4. The van der Waals surface area contributed by atoms with E-state index in [0.717, 1.165) is 5.56 Å². The summed E-state index contributed by atoms with van der Waals surface area (Å²) >= 11 is 0. The van der Waals surface area contributed by atoms with Crippen LogP contribution in [0.5, 0.6) is 5.75 Å². The van der Waals surface area contributed by atoms with Crippen LogP contribution in [0.15, 0.2) is 61.2 Å². The molecule has 3 rings (SSSR count). The van der Waals surface area contributed by atoms with Crippen LogP contribution in [0.25, 0.3) is 0 Å². The first-order valence-electron chi connectivity index (χ1n) is 8.34. The summed E-state index contributed by atoms with van der Waals surface area (Å²) in [6.45, 7) is 2.66. The predicted molar refractivity (Wildman–Crippen MR) is 100.0 cm³/mol. The average Bonchev–Trinajstić information content (AvgIpc) is 3.15. The molecule has 0 spiro atoms. The molecule has 0 unspecified atom stereocenters. The molecule has 0 aliphatic carbocycles. The van der Waals surface area contributed by atoms with Crippen molar-refractivity contribution >= 4 is 17.3 Å². The van der Waals surface area contributed by atoms with E-state index in [9.17, 15) is 14.9 Å². The van der Waals surface area contributed by atoms with E-state index in [4.69, 9.17) is 4.74 Å². The average molecular weight is 366 g/mol. The van der Waals surface area contributed by atoms with Gasteiger partial charge >= 0.3 is 5.69 Å². The molecule has 1 aromatic heterocycles. The molecular weight excluding hydrogens is 348 g/mol. The van der Waals surface area contributed by atoms with Crippen LogP contribution in [0.4, 0.5) is 11.4 Å². The summed E-state index contributed by atoms with van der Waals surface area (Å²) in [7, 11) is 0. The summed E-state index contributed by atoms with van der Waals surface area (Å²) in [6, 6.07) is 11.5. The maximum Gasteiger partial charge on any atom is 0.311 e. The molecule has 2 aromatic carbocycles. The number of hydrogen-bond donors (Lipinski definition) is 1. The lowest BCUT2D eigenvalue weighted by Crippen LogP contribution is -2.13. The lowest BCUT2D eigenvalue weighted by molar-refractivity contribution is -0.385. The number of nitro groups is 1. The van der Waals surface area contributed by atoms with Crippen LogP contribution in [0, 0.1) is 10.1 Å². The van der Waals surface area contributed by atoms with Crippen molar-refractivity contribution in [2.45, 2.75) is 13.5 Å². The molecule has 1 N–H and O–H groups in total. The smallest absolute Gasteiger partial charge is 0.311 e. The van der Waals surface area contributed by atoms with Gasteiger partial charge in [0, 0.05) is 36.3 Å². The van der Waals surface area contributed by atoms with Crippen molar-refractivity contribution < 1.29 is 14.5 Å². The number of benzene rings is 2. The number of nitro benzene ring substituents is 1. The van der Waals surface area contributed by atoms with Crippen molar-refractivity contribution in [2.75, 3.05) is 11.9 Å². The molecule has 138 valence electrons. The van der Waals surface area contributed by atoms with Gasteiger partial charge in [0.25, 0.3) is 5.91 Å². The first-order chi connectivity index (χ1) is 13.1. The van der Waals surface area contributed by atoms with Crippen LogP contribution in [0.3, 0.4) is 0 Å². The molecule has 0 saturated carbocycles. The van der Waals surface area contributed by atoms with Crippen LogP contribution >= 0.6 is 0 Å². The number of imidazole rings is 1. The van der Waals surface area contributed by atoms with E-state index in [1.165, 1.54) is 18.2 Å². The Morgan fingerprint density at radius 2 is 2.15 bits per heavy atom. The third-order valence-electron chi connectivity index (χ3n) is 3.83. The number of carbonyl (C=O) groups is 1. The Kier molecular flexibility index (Phi) is 5.46. The predicted octanol–water partition coefficient (Wildman–Crippen LogP) is 3.49. The van der Waals surface area contributed by atoms with E-state index in [-0.39, 0.29) is 17.0 Å². The molecule has 8 nitrogen and oxygen atoms in total. The molecule has 0 atom stereocenters. The number of nitrogens with zero attached hydrogens (tertiary/aromatic N) is 3. The highest BCUT2D eigenvalue weighted by atomic mass is 16.6. The van der Waals surface area contributed by atoms with Crippen molar-refractivity contribution in [1.82, 2.24) is 9.55 Å². The number of amides is 1. The third-order valence-corrected chi connectivity index (χ3v) is 3.83. The first-order valence-corrected chi connectivity index (χ1v) is 8.34. The summed E-state index contributed by atoms with van der Waals surface area (Å²) in [4.78, 5) is 27.1. The van der Waals surface area contributed by atoms with Gasteiger partial charge < -0.3 is 14.6 Å². The van der Waals surface area contributed by atoms with Gasteiger partial charge in [0.2, 0.25) is 0 Å². The second-order valence-corrected chi connectivity index (χ2v) is 5.76. The topological polar surface area (TPSA) is 99.3 Å². The fourth-order valence-electron chi connectivity index (χ4n) is 2.62. The van der Waals surface area contributed by atoms with Crippen LogP contribution in [-0.4, -0.2) is 27.0 Å². The molecule has 0 fully saturated rings.